The number of rotatable bonds is 4. The van der Waals surface area contributed by atoms with Gasteiger partial charge in [-0.15, -0.1) is 10.2 Å². The quantitative estimate of drug-likeness (QED) is 0.394. The number of aryl methyl sites for hydroxylation is 1. The van der Waals surface area contributed by atoms with E-state index in [1.807, 2.05) is 0 Å². The second-order valence-electron chi connectivity index (χ2n) is 6.24. The highest BCUT2D eigenvalue weighted by molar-refractivity contribution is 6.35. The highest BCUT2D eigenvalue weighted by Crippen LogP contribution is 2.33. The van der Waals surface area contributed by atoms with E-state index in [1.54, 1.807) is 0 Å². The van der Waals surface area contributed by atoms with Crippen molar-refractivity contribution < 1.29 is 22.8 Å². The molecule has 0 fully saturated rings. The summed E-state index contributed by atoms with van der Waals surface area (Å²) in [4.78, 5) is 27.7. The summed E-state index contributed by atoms with van der Waals surface area (Å²) in [6.45, 7) is 2.97. The summed E-state index contributed by atoms with van der Waals surface area (Å²) in [5, 5.41) is 9.24. The number of hydrazine groups is 1. The third-order valence-electron chi connectivity index (χ3n) is 3.94. The Hall–Kier alpha value is -3.31. The van der Waals surface area contributed by atoms with Crippen LogP contribution in [0.4, 0.5) is 13.6 Å². The second kappa shape index (κ2) is 9.23. The molecule has 0 aliphatic heterocycles. The minimum absolute atomic E-state index is 0.0887. The summed E-state index contributed by atoms with van der Waals surface area (Å²) in [6, 6.07) is 1.78. The van der Waals surface area contributed by atoms with Crippen molar-refractivity contribution in [2.24, 2.45) is 0 Å². The average Bonchev–Trinajstić information content (AvgIpc) is 3.15. The van der Waals surface area contributed by atoms with Gasteiger partial charge in [0.2, 0.25) is 5.89 Å². The largest absolute Gasteiger partial charge is 0.417 e. The molecular weight excluding hydrogens is 457 g/mol. The fraction of sp³-hybridized carbons (Fsp3) is 0.167. The van der Waals surface area contributed by atoms with Crippen molar-refractivity contribution in [1.82, 2.24) is 31.3 Å². The highest BCUT2D eigenvalue weighted by atomic mass is 35.5. The fourth-order valence-electron chi connectivity index (χ4n) is 2.54. The summed E-state index contributed by atoms with van der Waals surface area (Å²) in [5.41, 5.74) is 4.39. The zero-order chi connectivity index (χ0) is 22.7. The van der Waals surface area contributed by atoms with Gasteiger partial charge in [-0.05, 0) is 25.1 Å². The molecule has 2 heterocycles. The molecule has 0 aliphatic rings. The Morgan fingerprint density at radius 2 is 1.84 bits per heavy atom. The molecule has 0 aliphatic carbocycles. The molecule has 0 saturated heterocycles. The van der Waals surface area contributed by atoms with Gasteiger partial charge in [0.05, 0.1) is 16.8 Å². The van der Waals surface area contributed by atoms with Crippen molar-refractivity contribution in [2.45, 2.75) is 19.9 Å². The van der Waals surface area contributed by atoms with E-state index in [1.165, 1.54) is 26.1 Å². The van der Waals surface area contributed by atoms with Crippen LogP contribution in [-0.4, -0.2) is 27.1 Å². The van der Waals surface area contributed by atoms with Crippen molar-refractivity contribution >= 4 is 35.1 Å². The Labute approximate surface area is 184 Å². The van der Waals surface area contributed by atoms with Crippen LogP contribution in [0.3, 0.4) is 0 Å². The zero-order valence-electron chi connectivity index (χ0n) is 16.0. The lowest BCUT2D eigenvalue weighted by molar-refractivity contribution is 0.0899. The third kappa shape index (κ3) is 5.25. The second-order valence-corrected chi connectivity index (χ2v) is 7.06. The molecule has 13 heteroatoms. The standard InChI is InChI=1S/C18H14Cl2F2N6O3/c1-7(24-18(30)28-26-16(29)17-27-25-8(2)31-17)15-13(22)3-9(6-23-15)11-4-10(19)5-12(21)14(11)20/h3-7H,1-2H3,(H,26,29)(H2,24,28,30). The Morgan fingerprint density at radius 3 is 2.48 bits per heavy atom. The number of benzene rings is 1. The van der Waals surface area contributed by atoms with Gasteiger partial charge in [-0.3, -0.25) is 15.2 Å². The molecule has 3 amide bonds. The van der Waals surface area contributed by atoms with E-state index in [9.17, 15) is 18.4 Å². The molecule has 0 bridgehead atoms. The van der Waals surface area contributed by atoms with Gasteiger partial charge in [-0.2, -0.15) is 0 Å². The number of amides is 3. The van der Waals surface area contributed by atoms with E-state index in [0.717, 1.165) is 12.1 Å². The van der Waals surface area contributed by atoms with E-state index in [4.69, 9.17) is 27.6 Å². The lowest BCUT2D eigenvalue weighted by Crippen LogP contribution is -2.47. The first-order chi connectivity index (χ1) is 14.7. The smallest absolute Gasteiger partial charge is 0.334 e. The predicted molar refractivity (Wildman–Crippen MR) is 106 cm³/mol. The molecule has 1 unspecified atom stereocenters. The summed E-state index contributed by atoms with van der Waals surface area (Å²) in [5.74, 6) is -2.52. The van der Waals surface area contributed by atoms with Crippen LogP contribution in [0.15, 0.2) is 28.8 Å². The molecule has 3 aromatic rings. The van der Waals surface area contributed by atoms with Gasteiger partial charge in [0, 0.05) is 29.3 Å². The van der Waals surface area contributed by atoms with Gasteiger partial charge in [0.15, 0.2) is 0 Å². The number of hydrogen-bond donors (Lipinski definition) is 3. The van der Waals surface area contributed by atoms with Crippen LogP contribution in [0.5, 0.6) is 0 Å². The van der Waals surface area contributed by atoms with Gasteiger partial charge in [-0.25, -0.2) is 19.0 Å². The lowest BCUT2D eigenvalue weighted by Gasteiger charge is -2.16. The predicted octanol–water partition coefficient (Wildman–Crippen LogP) is 3.73. The Kier molecular flexibility index (Phi) is 6.66. The number of nitrogens with one attached hydrogen (secondary N) is 3. The fourth-order valence-corrected chi connectivity index (χ4v) is 2.96. The van der Waals surface area contributed by atoms with Crippen LogP contribution in [0.1, 0.15) is 35.2 Å². The maximum atomic E-state index is 14.6. The van der Waals surface area contributed by atoms with Crippen LogP contribution in [0.25, 0.3) is 11.1 Å². The van der Waals surface area contributed by atoms with Crippen LogP contribution in [0, 0.1) is 18.6 Å². The first-order valence-corrected chi connectivity index (χ1v) is 9.38. The average molecular weight is 471 g/mol. The minimum Gasteiger partial charge on any atom is -0.417 e. The molecule has 0 spiro atoms. The van der Waals surface area contributed by atoms with Crippen molar-refractivity contribution in [3.05, 3.63) is 63.6 Å². The maximum absolute atomic E-state index is 14.6. The van der Waals surface area contributed by atoms with Gasteiger partial charge < -0.3 is 9.73 Å². The number of pyridine rings is 1. The van der Waals surface area contributed by atoms with Gasteiger partial charge in [-0.1, -0.05) is 23.2 Å². The summed E-state index contributed by atoms with van der Waals surface area (Å²) < 4.78 is 33.3. The van der Waals surface area contributed by atoms with Crippen LogP contribution in [-0.2, 0) is 0 Å². The van der Waals surface area contributed by atoms with Gasteiger partial charge in [0.1, 0.15) is 11.6 Å². The summed E-state index contributed by atoms with van der Waals surface area (Å²) in [7, 11) is 0. The SMILES string of the molecule is Cc1nnc(C(=O)NNC(=O)NC(C)c2ncc(-c3cc(Cl)cc(F)c3Cl)cc2F)o1. The first-order valence-electron chi connectivity index (χ1n) is 8.63. The molecule has 2 aromatic heterocycles. The molecule has 1 aromatic carbocycles. The molecule has 3 N–H and O–H groups in total. The van der Waals surface area contributed by atoms with E-state index >= 15 is 0 Å². The minimum atomic E-state index is -0.886. The van der Waals surface area contributed by atoms with Crippen LogP contribution < -0.4 is 16.2 Å². The van der Waals surface area contributed by atoms with Crippen molar-refractivity contribution in [3.63, 3.8) is 0 Å². The monoisotopic (exact) mass is 470 g/mol. The Morgan fingerprint density at radius 1 is 1.10 bits per heavy atom. The number of nitrogens with zero attached hydrogens (tertiary/aromatic N) is 3. The van der Waals surface area contributed by atoms with Crippen molar-refractivity contribution in [3.8, 4) is 11.1 Å². The van der Waals surface area contributed by atoms with Crippen LogP contribution >= 0.6 is 23.2 Å². The molecule has 0 radical (unpaired) electrons. The van der Waals surface area contributed by atoms with E-state index < -0.39 is 29.6 Å². The van der Waals surface area contributed by atoms with Crippen molar-refractivity contribution in [2.75, 3.05) is 0 Å². The molecule has 3 rings (SSSR count). The number of urea groups is 1. The van der Waals surface area contributed by atoms with Gasteiger partial charge in [0.25, 0.3) is 0 Å². The van der Waals surface area contributed by atoms with Crippen LogP contribution in [0.2, 0.25) is 10.0 Å². The topological polar surface area (TPSA) is 122 Å². The molecular formula is C18H14Cl2F2N6O3. The number of hydrogen-bond acceptors (Lipinski definition) is 6. The Balaban J connectivity index is 1.66. The first kappa shape index (κ1) is 22.4. The maximum Gasteiger partial charge on any atom is 0.334 e. The number of aromatic nitrogens is 3. The lowest BCUT2D eigenvalue weighted by atomic mass is 10.1. The third-order valence-corrected chi connectivity index (χ3v) is 4.54. The highest BCUT2D eigenvalue weighted by Gasteiger charge is 2.19. The number of carbonyl (C=O) groups excluding carboxylic acids is 2. The van der Waals surface area contributed by atoms with Crippen molar-refractivity contribution in [1.29, 1.82) is 0 Å². The van der Waals surface area contributed by atoms with E-state index in [-0.39, 0.29) is 38.6 Å². The number of carbonyl (C=O) groups is 2. The molecule has 31 heavy (non-hydrogen) atoms. The Bertz CT molecular complexity index is 1160. The number of halogens is 4. The zero-order valence-corrected chi connectivity index (χ0v) is 17.5. The summed E-state index contributed by atoms with van der Waals surface area (Å²) >= 11 is 11.8. The van der Waals surface area contributed by atoms with E-state index in [2.05, 4.69) is 31.3 Å². The van der Waals surface area contributed by atoms with E-state index in [0.29, 0.717) is 0 Å². The molecule has 9 nitrogen and oxygen atoms in total. The molecule has 0 saturated carbocycles. The molecule has 1 atom stereocenters. The van der Waals surface area contributed by atoms with Gasteiger partial charge >= 0.3 is 17.8 Å². The molecule has 162 valence electrons. The normalized spacial score (nSPS) is 11.7. The summed E-state index contributed by atoms with van der Waals surface area (Å²) in [6.07, 6.45) is 1.27.